The van der Waals surface area contributed by atoms with Crippen LogP contribution in [-0.4, -0.2) is 48.9 Å². The van der Waals surface area contributed by atoms with E-state index in [2.05, 4.69) is 15.2 Å². The molecule has 1 fully saturated rings. The predicted molar refractivity (Wildman–Crippen MR) is 143 cm³/mol. The third-order valence-corrected chi connectivity index (χ3v) is 5.89. The molecule has 2 aromatic carbocycles. The van der Waals surface area contributed by atoms with E-state index < -0.39 is 17.7 Å². The van der Waals surface area contributed by atoms with E-state index in [1.165, 1.54) is 19.2 Å². The van der Waals surface area contributed by atoms with Crippen molar-refractivity contribution in [3.63, 3.8) is 0 Å². The lowest BCUT2D eigenvalue weighted by atomic mass is 10.0. The summed E-state index contributed by atoms with van der Waals surface area (Å²) in [7, 11) is 1.30. The van der Waals surface area contributed by atoms with Gasteiger partial charge in [-0.15, -0.1) is 0 Å². The molecule has 0 atom stereocenters. The summed E-state index contributed by atoms with van der Waals surface area (Å²) in [6, 6.07) is 14.2. The van der Waals surface area contributed by atoms with Gasteiger partial charge in [-0.25, -0.2) is 19.0 Å². The zero-order valence-corrected chi connectivity index (χ0v) is 22.4. The normalized spacial score (nSPS) is 13.9. The van der Waals surface area contributed by atoms with E-state index >= 15 is 0 Å². The van der Waals surface area contributed by atoms with E-state index in [0.717, 1.165) is 18.5 Å². The summed E-state index contributed by atoms with van der Waals surface area (Å²) in [6.45, 7) is 6.80. The Morgan fingerprint density at radius 3 is 2.26 bits per heavy atom. The standard InChI is InChI=1S/C29H32FN3O6/c1-29(2,3)39-28(35)32-20-12-14-33(15-13-20)21-17-25(27(34)36-4)26(31-18-21)38-23-10-8-22(9-11-23)37-24-7-5-6-19(30)16-24/h5-11,16-18,20H,12-15H2,1-4H3,(H,32,35). The van der Waals surface area contributed by atoms with E-state index in [-0.39, 0.29) is 23.3 Å². The van der Waals surface area contributed by atoms with Crippen molar-refractivity contribution < 1.29 is 32.9 Å². The highest BCUT2D eigenvalue weighted by molar-refractivity contribution is 5.93. The molecule has 1 aliphatic heterocycles. The van der Waals surface area contributed by atoms with Crippen LogP contribution in [0.25, 0.3) is 0 Å². The van der Waals surface area contributed by atoms with E-state index in [1.54, 1.807) is 48.7 Å². The van der Waals surface area contributed by atoms with Crippen molar-refractivity contribution >= 4 is 17.7 Å². The van der Waals surface area contributed by atoms with Gasteiger partial charge in [-0.3, -0.25) is 0 Å². The minimum Gasteiger partial charge on any atom is -0.465 e. The number of pyridine rings is 1. The summed E-state index contributed by atoms with van der Waals surface area (Å²) in [5.74, 6) is 0.436. The molecule has 1 amide bonds. The molecule has 0 aliphatic carbocycles. The number of carbonyl (C=O) groups is 2. The topological polar surface area (TPSA) is 99.2 Å². The predicted octanol–water partition coefficient (Wildman–Crippen LogP) is 6.09. The molecule has 3 aromatic rings. The van der Waals surface area contributed by atoms with Gasteiger partial charge in [0.1, 0.15) is 34.2 Å². The number of aromatic nitrogens is 1. The molecular formula is C29H32FN3O6. The Morgan fingerprint density at radius 2 is 1.64 bits per heavy atom. The second-order valence-electron chi connectivity index (χ2n) is 10.1. The Hall–Kier alpha value is -4.34. The first-order valence-electron chi connectivity index (χ1n) is 12.6. The number of alkyl carbamates (subject to hydrolysis) is 1. The summed E-state index contributed by atoms with van der Waals surface area (Å²) < 4.78 is 35.3. The summed E-state index contributed by atoms with van der Waals surface area (Å²) in [4.78, 5) is 31.1. The molecule has 0 saturated carbocycles. The highest BCUT2D eigenvalue weighted by atomic mass is 19.1. The molecule has 0 unspecified atom stereocenters. The molecule has 1 N–H and O–H groups in total. The minimum atomic E-state index is -0.577. The molecule has 39 heavy (non-hydrogen) atoms. The summed E-state index contributed by atoms with van der Waals surface area (Å²) in [5, 5.41) is 2.92. The lowest BCUT2D eigenvalue weighted by Gasteiger charge is -2.34. The first kappa shape index (κ1) is 27.7. The number of rotatable bonds is 7. The Kier molecular flexibility index (Phi) is 8.53. The van der Waals surface area contributed by atoms with Gasteiger partial charge >= 0.3 is 12.1 Å². The molecule has 206 valence electrons. The van der Waals surface area contributed by atoms with Crippen molar-refractivity contribution in [1.82, 2.24) is 10.3 Å². The zero-order chi connectivity index (χ0) is 28.0. The Bertz CT molecular complexity index is 1300. The van der Waals surface area contributed by atoms with E-state index in [0.29, 0.717) is 30.3 Å². The average molecular weight is 538 g/mol. The summed E-state index contributed by atoms with van der Waals surface area (Å²) >= 11 is 0. The van der Waals surface area contributed by atoms with Crippen LogP contribution in [-0.2, 0) is 9.47 Å². The molecule has 4 rings (SSSR count). The first-order chi connectivity index (χ1) is 18.6. The maximum absolute atomic E-state index is 13.4. The lowest BCUT2D eigenvalue weighted by molar-refractivity contribution is 0.0496. The number of ether oxygens (including phenoxy) is 4. The van der Waals surface area contributed by atoms with Crippen LogP contribution in [0.5, 0.6) is 23.1 Å². The largest absolute Gasteiger partial charge is 0.465 e. The molecule has 1 saturated heterocycles. The van der Waals surface area contributed by atoms with Crippen molar-refractivity contribution in [1.29, 1.82) is 0 Å². The van der Waals surface area contributed by atoms with Crippen LogP contribution >= 0.6 is 0 Å². The van der Waals surface area contributed by atoms with Crippen LogP contribution in [0.15, 0.2) is 60.8 Å². The van der Waals surface area contributed by atoms with Crippen molar-refractivity contribution in [3.8, 4) is 23.1 Å². The monoisotopic (exact) mass is 537 g/mol. The maximum Gasteiger partial charge on any atom is 0.407 e. The summed E-state index contributed by atoms with van der Waals surface area (Å²) in [5.41, 5.74) is 0.380. The second kappa shape index (κ2) is 12.0. The number of halogens is 1. The van der Waals surface area contributed by atoms with Gasteiger partial charge in [0.05, 0.1) is 19.0 Å². The van der Waals surface area contributed by atoms with Gasteiger partial charge in [-0.1, -0.05) is 6.07 Å². The maximum atomic E-state index is 13.4. The fourth-order valence-corrected chi connectivity index (χ4v) is 4.06. The fourth-order valence-electron chi connectivity index (χ4n) is 4.06. The molecule has 0 bridgehead atoms. The third kappa shape index (κ3) is 7.83. The van der Waals surface area contributed by atoms with E-state index in [1.807, 2.05) is 20.8 Å². The lowest BCUT2D eigenvalue weighted by Crippen LogP contribution is -2.46. The number of piperidine rings is 1. The SMILES string of the molecule is COC(=O)c1cc(N2CCC(NC(=O)OC(C)(C)C)CC2)cnc1Oc1ccc(Oc2cccc(F)c2)cc1. The van der Waals surface area contributed by atoms with Crippen molar-refractivity contribution in [2.45, 2.75) is 45.3 Å². The van der Waals surface area contributed by atoms with Crippen LogP contribution in [0.3, 0.4) is 0 Å². The molecule has 10 heteroatoms. The number of nitrogens with zero attached hydrogens (tertiary/aromatic N) is 2. The quantitative estimate of drug-likeness (QED) is 0.362. The first-order valence-corrected chi connectivity index (χ1v) is 12.6. The molecule has 9 nitrogen and oxygen atoms in total. The van der Waals surface area contributed by atoms with Crippen LogP contribution in [0.4, 0.5) is 14.9 Å². The van der Waals surface area contributed by atoms with Crippen LogP contribution < -0.4 is 19.7 Å². The molecule has 1 aromatic heterocycles. The number of nitrogens with one attached hydrogen (secondary N) is 1. The molecule has 0 radical (unpaired) electrons. The number of anilines is 1. The van der Waals surface area contributed by atoms with E-state index in [4.69, 9.17) is 18.9 Å². The van der Waals surface area contributed by atoms with Gasteiger partial charge in [0, 0.05) is 25.2 Å². The van der Waals surface area contributed by atoms with Crippen LogP contribution in [0.2, 0.25) is 0 Å². The van der Waals surface area contributed by atoms with Gasteiger partial charge in [0.25, 0.3) is 0 Å². The van der Waals surface area contributed by atoms with Crippen LogP contribution in [0.1, 0.15) is 44.0 Å². The van der Waals surface area contributed by atoms with Crippen molar-refractivity contribution in [2.75, 3.05) is 25.1 Å². The number of methoxy groups -OCH3 is 1. The third-order valence-electron chi connectivity index (χ3n) is 5.89. The Morgan fingerprint density at radius 1 is 0.974 bits per heavy atom. The second-order valence-corrected chi connectivity index (χ2v) is 10.1. The van der Waals surface area contributed by atoms with Gasteiger partial charge in [-0.05, 0) is 76.1 Å². The smallest absolute Gasteiger partial charge is 0.407 e. The highest BCUT2D eigenvalue weighted by Gasteiger charge is 2.25. The Labute approximate surface area is 226 Å². The molecular weight excluding hydrogens is 505 g/mol. The van der Waals surface area contributed by atoms with Crippen molar-refractivity contribution in [2.24, 2.45) is 0 Å². The Balaban J connectivity index is 1.40. The van der Waals surface area contributed by atoms with E-state index in [9.17, 15) is 14.0 Å². The minimum absolute atomic E-state index is 0.000362. The molecule has 0 spiro atoms. The van der Waals surface area contributed by atoms with Crippen LogP contribution in [0, 0.1) is 5.82 Å². The fraction of sp³-hybridized carbons (Fsp3) is 0.345. The van der Waals surface area contributed by atoms with Gasteiger partial charge in [0.2, 0.25) is 5.88 Å². The van der Waals surface area contributed by atoms with Gasteiger partial charge < -0.3 is 29.2 Å². The van der Waals surface area contributed by atoms with Gasteiger partial charge in [0.15, 0.2) is 0 Å². The number of hydrogen-bond acceptors (Lipinski definition) is 8. The zero-order valence-electron chi connectivity index (χ0n) is 22.4. The number of hydrogen-bond donors (Lipinski definition) is 1. The highest BCUT2D eigenvalue weighted by Crippen LogP contribution is 2.31. The number of benzene rings is 2. The molecule has 1 aliphatic rings. The number of amides is 1. The summed E-state index contributed by atoms with van der Waals surface area (Å²) in [6.07, 6.45) is 2.65. The molecule has 2 heterocycles. The number of carbonyl (C=O) groups excluding carboxylic acids is 2. The van der Waals surface area contributed by atoms with Crippen molar-refractivity contribution in [3.05, 3.63) is 72.2 Å². The van der Waals surface area contributed by atoms with Gasteiger partial charge in [-0.2, -0.15) is 0 Å². The average Bonchev–Trinajstić information content (AvgIpc) is 2.89. The number of esters is 1.